The molecule has 6 nitrogen and oxygen atoms in total. The molecule has 0 N–H and O–H groups in total. The van der Waals surface area contributed by atoms with Gasteiger partial charge in [0.15, 0.2) is 0 Å². The first-order valence-electron chi connectivity index (χ1n) is 10.1. The van der Waals surface area contributed by atoms with Crippen LogP contribution in [0.25, 0.3) is 43.7 Å². The largest absolute Gasteiger partial charge is 0.268 e. The highest BCUT2D eigenvalue weighted by Crippen LogP contribution is 2.27. The highest BCUT2D eigenvalue weighted by molar-refractivity contribution is 6.17. The third kappa shape index (κ3) is 2.29. The van der Waals surface area contributed by atoms with Crippen LogP contribution in [-0.4, -0.2) is 9.13 Å². The lowest BCUT2D eigenvalue weighted by Gasteiger charge is -2.00. The zero-order valence-corrected chi connectivity index (χ0v) is 16.6. The minimum absolute atomic E-state index is 0.248. The summed E-state index contributed by atoms with van der Waals surface area (Å²) in [6.07, 6.45) is 0. The summed E-state index contributed by atoms with van der Waals surface area (Å²) in [6.45, 7) is 0. The fourth-order valence-electron chi connectivity index (χ4n) is 4.50. The summed E-state index contributed by atoms with van der Waals surface area (Å²) in [5.74, 6) is 0. The van der Waals surface area contributed by atoms with Gasteiger partial charge in [0.1, 0.15) is 0 Å². The number of hydrogen-bond donors (Lipinski definition) is 0. The molecule has 0 bridgehead atoms. The molecule has 0 amide bonds. The van der Waals surface area contributed by atoms with Crippen molar-refractivity contribution in [3.8, 4) is 11.4 Å². The van der Waals surface area contributed by atoms with Crippen molar-refractivity contribution in [1.29, 1.82) is 0 Å². The van der Waals surface area contributed by atoms with Crippen LogP contribution in [0.1, 0.15) is 0 Å². The Bertz CT molecular complexity index is 1750. The zero-order chi connectivity index (χ0) is 22.0. The Morgan fingerprint density at radius 1 is 0.375 bits per heavy atom. The average molecular weight is 418 g/mol. The molecule has 2 heterocycles. The summed E-state index contributed by atoms with van der Waals surface area (Å²) in [6, 6.07) is 23.8. The van der Waals surface area contributed by atoms with Crippen LogP contribution in [0.3, 0.4) is 0 Å². The molecule has 0 saturated carbocycles. The molecular weight excluding hydrogens is 404 g/mol. The van der Waals surface area contributed by atoms with Crippen molar-refractivity contribution in [2.75, 3.05) is 0 Å². The van der Waals surface area contributed by atoms with Gasteiger partial charge in [-0.1, -0.05) is 48.5 Å². The number of fused-ring (bicyclic) bond motifs is 5. The fourth-order valence-corrected chi connectivity index (χ4v) is 4.50. The van der Waals surface area contributed by atoms with E-state index < -0.39 is 22.2 Å². The van der Waals surface area contributed by atoms with E-state index >= 15 is 0 Å². The molecule has 152 valence electrons. The van der Waals surface area contributed by atoms with E-state index in [1.807, 2.05) is 12.1 Å². The van der Waals surface area contributed by atoms with Crippen molar-refractivity contribution in [3.05, 3.63) is 126 Å². The second-order valence-corrected chi connectivity index (χ2v) is 7.63. The van der Waals surface area contributed by atoms with E-state index in [2.05, 4.69) is 0 Å². The average Bonchev–Trinajstić information content (AvgIpc) is 3.24. The van der Waals surface area contributed by atoms with Crippen molar-refractivity contribution < 1.29 is 0 Å². The maximum absolute atomic E-state index is 13.3. The van der Waals surface area contributed by atoms with Gasteiger partial charge in [-0.3, -0.25) is 19.2 Å². The summed E-state index contributed by atoms with van der Waals surface area (Å²) in [4.78, 5) is 52.6. The minimum atomic E-state index is -0.446. The third-order valence-electron chi connectivity index (χ3n) is 5.93. The Hall–Kier alpha value is -4.58. The maximum Gasteiger partial charge on any atom is 0.266 e. The normalized spacial score (nSPS) is 11.6. The lowest BCUT2D eigenvalue weighted by molar-refractivity contribution is 0.991. The molecule has 0 saturated heterocycles. The summed E-state index contributed by atoms with van der Waals surface area (Å²) >= 11 is 0. The Kier molecular flexibility index (Phi) is 3.67. The monoisotopic (exact) mass is 418 g/mol. The molecule has 0 aliphatic rings. The second-order valence-electron chi connectivity index (χ2n) is 7.63. The summed E-state index contributed by atoms with van der Waals surface area (Å²) in [5.41, 5.74) is -0.750. The summed E-state index contributed by atoms with van der Waals surface area (Å²) in [7, 11) is 0. The molecule has 0 radical (unpaired) electrons. The second kappa shape index (κ2) is 6.46. The molecule has 4 aromatic carbocycles. The molecule has 32 heavy (non-hydrogen) atoms. The summed E-state index contributed by atoms with van der Waals surface area (Å²) < 4.78 is 2.28. The first kappa shape index (κ1) is 18.2. The van der Waals surface area contributed by atoms with Crippen molar-refractivity contribution >= 4 is 32.3 Å². The van der Waals surface area contributed by atoms with E-state index in [4.69, 9.17) is 0 Å². The number of aromatic nitrogens is 2. The molecule has 0 atom stereocenters. The Morgan fingerprint density at radius 2 is 0.719 bits per heavy atom. The van der Waals surface area contributed by atoms with Crippen LogP contribution in [0.5, 0.6) is 0 Å². The summed E-state index contributed by atoms with van der Waals surface area (Å²) in [5, 5.41) is 2.02. The van der Waals surface area contributed by atoms with E-state index in [-0.39, 0.29) is 21.5 Å². The van der Waals surface area contributed by atoms with Gasteiger partial charge < -0.3 is 0 Å². The zero-order valence-electron chi connectivity index (χ0n) is 16.6. The fraction of sp³-hybridized carbons (Fsp3) is 0. The van der Waals surface area contributed by atoms with E-state index in [1.165, 1.54) is 0 Å². The first-order chi connectivity index (χ1) is 15.6. The number of para-hydroxylation sites is 2. The minimum Gasteiger partial charge on any atom is -0.268 e. The molecule has 0 unspecified atom stereocenters. The van der Waals surface area contributed by atoms with Gasteiger partial charge >= 0.3 is 0 Å². The van der Waals surface area contributed by atoms with Gasteiger partial charge in [0.25, 0.3) is 22.2 Å². The van der Waals surface area contributed by atoms with Crippen LogP contribution in [0.4, 0.5) is 0 Å². The number of nitrogens with zero attached hydrogens (tertiary/aromatic N) is 2. The molecule has 6 rings (SSSR count). The van der Waals surface area contributed by atoms with Crippen LogP contribution in [-0.2, 0) is 0 Å². The van der Waals surface area contributed by atoms with Crippen molar-refractivity contribution in [1.82, 2.24) is 9.13 Å². The molecule has 6 heteroatoms. The third-order valence-corrected chi connectivity index (χ3v) is 5.93. The van der Waals surface area contributed by atoms with Gasteiger partial charge in [0.2, 0.25) is 0 Å². The molecule has 0 aliphatic carbocycles. The van der Waals surface area contributed by atoms with Gasteiger partial charge in [-0.2, -0.15) is 0 Å². The lowest BCUT2D eigenvalue weighted by atomic mass is 10.0. The standard InChI is InChI=1S/C26H14N2O4/c29-23-19-13-11-18-17(21(19)25(31)27(23)15-7-3-1-4-8-15)12-14-20-22(18)26(32)28(24(20)30)16-9-5-2-6-10-16/h1-14H. The van der Waals surface area contributed by atoms with Gasteiger partial charge in [-0.15, -0.1) is 0 Å². The van der Waals surface area contributed by atoms with Gasteiger partial charge in [0.05, 0.1) is 32.9 Å². The van der Waals surface area contributed by atoms with Crippen LogP contribution in [0, 0.1) is 0 Å². The van der Waals surface area contributed by atoms with Crippen LogP contribution in [0.15, 0.2) is 104 Å². The number of rotatable bonds is 2. The van der Waals surface area contributed by atoms with Crippen molar-refractivity contribution in [2.24, 2.45) is 0 Å². The first-order valence-corrected chi connectivity index (χ1v) is 10.1. The van der Waals surface area contributed by atoms with E-state index in [1.54, 1.807) is 72.8 Å². The predicted molar refractivity (Wildman–Crippen MR) is 125 cm³/mol. The topological polar surface area (TPSA) is 78.1 Å². The number of hydrogen-bond acceptors (Lipinski definition) is 4. The van der Waals surface area contributed by atoms with Gasteiger partial charge in [-0.25, -0.2) is 9.13 Å². The van der Waals surface area contributed by atoms with E-state index in [0.717, 1.165) is 9.13 Å². The quantitative estimate of drug-likeness (QED) is 0.433. The molecular formula is C26H14N2O4. The lowest BCUT2D eigenvalue weighted by Crippen LogP contribution is -2.23. The Morgan fingerprint density at radius 3 is 1.09 bits per heavy atom. The van der Waals surface area contributed by atoms with Crippen molar-refractivity contribution in [3.63, 3.8) is 0 Å². The maximum atomic E-state index is 13.3. The van der Waals surface area contributed by atoms with E-state index in [0.29, 0.717) is 22.1 Å². The highest BCUT2D eigenvalue weighted by atomic mass is 16.2. The molecule has 0 aliphatic heterocycles. The molecule has 0 spiro atoms. The number of benzene rings is 4. The molecule has 0 fully saturated rings. The highest BCUT2D eigenvalue weighted by Gasteiger charge is 2.21. The van der Waals surface area contributed by atoms with E-state index in [9.17, 15) is 19.2 Å². The van der Waals surface area contributed by atoms with Gasteiger partial charge in [-0.05, 0) is 47.2 Å². The smallest absolute Gasteiger partial charge is 0.266 e. The molecule has 6 aromatic rings. The SMILES string of the molecule is O=c1c2ccc3c(ccc4c(=O)n(-c5ccccc5)c(=O)c43)c2c(=O)n1-c1ccccc1. The molecule has 2 aromatic heterocycles. The van der Waals surface area contributed by atoms with Gasteiger partial charge in [0, 0.05) is 0 Å². The van der Waals surface area contributed by atoms with Crippen molar-refractivity contribution in [2.45, 2.75) is 0 Å². The predicted octanol–water partition coefficient (Wildman–Crippen LogP) is 3.04. The Labute approximate surface area is 179 Å². The Balaban J connectivity index is 1.77. The van der Waals surface area contributed by atoms with Crippen LogP contribution >= 0.6 is 0 Å². The van der Waals surface area contributed by atoms with Crippen LogP contribution in [0.2, 0.25) is 0 Å². The van der Waals surface area contributed by atoms with Crippen LogP contribution < -0.4 is 22.2 Å².